The van der Waals surface area contributed by atoms with Crippen LogP contribution in [0.25, 0.3) is 0 Å². The minimum absolute atomic E-state index is 0.00146. The quantitative estimate of drug-likeness (QED) is 0.606. The second kappa shape index (κ2) is 4.33. The molecule has 5 nitrogen and oxygen atoms in total. The van der Waals surface area contributed by atoms with E-state index in [0.29, 0.717) is 6.54 Å². The topological polar surface area (TPSA) is 75.4 Å². The van der Waals surface area contributed by atoms with Crippen LogP contribution in [0, 0.1) is 22.5 Å². The normalized spacial score (nSPS) is 16.6. The molecule has 0 radical (unpaired) electrons. The molecule has 2 rings (SSSR count). The third-order valence-electron chi connectivity index (χ3n) is 3.23. The van der Waals surface area contributed by atoms with Crippen molar-refractivity contribution in [3.05, 3.63) is 33.9 Å². The van der Waals surface area contributed by atoms with Gasteiger partial charge in [-0.1, -0.05) is 0 Å². The van der Waals surface area contributed by atoms with Gasteiger partial charge < -0.3 is 10.4 Å². The van der Waals surface area contributed by atoms with Gasteiger partial charge in [-0.2, -0.15) is 0 Å². The van der Waals surface area contributed by atoms with E-state index in [4.69, 9.17) is 0 Å². The summed E-state index contributed by atoms with van der Waals surface area (Å²) < 4.78 is 0. The standard InChI is InChI=1S/C12H16N2O3/c1-9-4-10(6-11(5-9)14(16)17)13-7-12(8-15)2-3-12/h4-6,13,15H,2-3,7-8H2,1H3. The Kier molecular flexibility index (Phi) is 3.02. The summed E-state index contributed by atoms with van der Waals surface area (Å²) in [6, 6.07) is 4.95. The lowest BCUT2D eigenvalue weighted by molar-refractivity contribution is -0.384. The molecular weight excluding hydrogens is 220 g/mol. The van der Waals surface area contributed by atoms with Crippen molar-refractivity contribution in [2.75, 3.05) is 18.5 Å². The van der Waals surface area contributed by atoms with E-state index in [2.05, 4.69) is 5.32 Å². The predicted molar refractivity (Wildman–Crippen MR) is 65.1 cm³/mol. The van der Waals surface area contributed by atoms with Gasteiger partial charge in [0.05, 0.1) is 11.5 Å². The maximum Gasteiger partial charge on any atom is 0.271 e. The molecule has 0 atom stereocenters. The number of benzene rings is 1. The molecule has 0 unspecified atom stereocenters. The van der Waals surface area contributed by atoms with Crippen molar-refractivity contribution in [3.8, 4) is 0 Å². The van der Waals surface area contributed by atoms with Crippen LogP contribution in [0.4, 0.5) is 11.4 Å². The minimum Gasteiger partial charge on any atom is -0.396 e. The van der Waals surface area contributed by atoms with Gasteiger partial charge in [0.1, 0.15) is 0 Å². The average Bonchev–Trinajstić information content (AvgIpc) is 3.06. The highest BCUT2D eigenvalue weighted by Crippen LogP contribution is 2.45. The highest BCUT2D eigenvalue weighted by Gasteiger charge is 2.41. The highest BCUT2D eigenvalue weighted by molar-refractivity contribution is 5.54. The molecule has 1 fully saturated rings. The number of nitrogens with zero attached hydrogens (tertiary/aromatic N) is 1. The van der Waals surface area contributed by atoms with Crippen LogP contribution in [-0.2, 0) is 0 Å². The summed E-state index contributed by atoms with van der Waals surface area (Å²) in [5, 5.41) is 23.1. The first kappa shape index (κ1) is 11.9. The van der Waals surface area contributed by atoms with Crippen LogP contribution in [-0.4, -0.2) is 23.2 Å². The Labute approximate surface area is 99.6 Å². The zero-order chi connectivity index (χ0) is 12.5. The van der Waals surface area contributed by atoms with Crippen LogP contribution < -0.4 is 5.32 Å². The number of hydrogen-bond acceptors (Lipinski definition) is 4. The Hall–Kier alpha value is -1.62. The molecule has 0 spiro atoms. The molecule has 92 valence electrons. The van der Waals surface area contributed by atoms with Gasteiger partial charge in [-0.15, -0.1) is 0 Å². The summed E-state index contributed by atoms with van der Waals surface area (Å²) in [5.41, 5.74) is 1.70. The molecule has 1 aliphatic carbocycles. The molecule has 0 heterocycles. The van der Waals surface area contributed by atoms with Gasteiger partial charge in [0.25, 0.3) is 5.69 Å². The molecule has 1 aromatic carbocycles. The monoisotopic (exact) mass is 236 g/mol. The van der Waals surface area contributed by atoms with E-state index in [9.17, 15) is 15.2 Å². The molecule has 0 saturated heterocycles. The van der Waals surface area contributed by atoms with Crippen LogP contribution in [0.1, 0.15) is 18.4 Å². The van der Waals surface area contributed by atoms with Crippen LogP contribution >= 0.6 is 0 Å². The molecule has 17 heavy (non-hydrogen) atoms. The Bertz CT molecular complexity index is 441. The summed E-state index contributed by atoms with van der Waals surface area (Å²) in [4.78, 5) is 10.3. The number of aryl methyl sites for hydroxylation is 1. The molecule has 1 aromatic rings. The molecule has 1 saturated carbocycles. The second-order valence-corrected chi connectivity index (χ2v) is 4.83. The summed E-state index contributed by atoms with van der Waals surface area (Å²) in [5.74, 6) is 0. The molecule has 2 N–H and O–H groups in total. The van der Waals surface area contributed by atoms with Crippen molar-refractivity contribution in [2.45, 2.75) is 19.8 Å². The SMILES string of the molecule is Cc1cc(NCC2(CO)CC2)cc([N+](=O)[O-])c1. The number of nitro benzene ring substituents is 1. The van der Waals surface area contributed by atoms with Crippen molar-refractivity contribution in [1.82, 2.24) is 0 Å². The number of aliphatic hydroxyl groups is 1. The van der Waals surface area contributed by atoms with Crippen molar-refractivity contribution in [1.29, 1.82) is 0 Å². The first-order valence-corrected chi connectivity index (χ1v) is 5.65. The van der Waals surface area contributed by atoms with Gasteiger partial charge in [-0.3, -0.25) is 10.1 Å². The van der Waals surface area contributed by atoms with Crippen molar-refractivity contribution in [3.63, 3.8) is 0 Å². The highest BCUT2D eigenvalue weighted by atomic mass is 16.6. The summed E-state index contributed by atoms with van der Waals surface area (Å²) >= 11 is 0. The fourth-order valence-corrected chi connectivity index (χ4v) is 1.83. The lowest BCUT2D eigenvalue weighted by atomic mass is 10.1. The van der Waals surface area contributed by atoms with E-state index < -0.39 is 4.92 Å². The Morgan fingerprint density at radius 1 is 1.47 bits per heavy atom. The first-order valence-electron chi connectivity index (χ1n) is 5.65. The number of hydrogen-bond donors (Lipinski definition) is 2. The predicted octanol–water partition coefficient (Wildman–Crippen LogP) is 2.09. The third kappa shape index (κ3) is 2.74. The van der Waals surface area contributed by atoms with Gasteiger partial charge in [0.2, 0.25) is 0 Å². The average molecular weight is 236 g/mol. The lowest BCUT2D eigenvalue weighted by Gasteiger charge is -2.14. The van der Waals surface area contributed by atoms with Crippen molar-refractivity contribution in [2.24, 2.45) is 5.41 Å². The van der Waals surface area contributed by atoms with E-state index in [0.717, 1.165) is 24.1 Å². The number of nitrogens with one attached hydrogen (secondary N) is 1. The van der Waals surface area contributed by atoms with Crippen LogP contribution in [0.5, 0.6) is 0 Å². The lowest BCUT2D eigenvalue weighted by Crippen LogP contribution is -2.19. The fraction of sp³-hybridized carbons (Fsp3) is 0.500. The number of nitro groups is 1. The van der Waals surface area contributed by atoms with Gasteiger partial charge >= 0.3 is 0 Å². The van der Waals surface area contributed by atoms with Crippen LogP contribution in [0.15, 0.2) is 18.2 Å². The molecular formula is C12H16N2O3. The van der Waals surface area contributed by atoms with E-state index in [1.807, 2.05) is 13.0 Å². The molecule has 0 amide bonds. The number of non-ortho nitro benzene ring substituents is 1. The molecule has 5 heteroatoms. The van der Waals surface area contributed by atoms with Gasteiger partial charge in [0, 0.05) is 29.8 Å². The Morgan fingerprint density at radius 3 is 2.71 bits per heavy atom. The molecule has 0 aromatic heterocycles. The number of rotatable bonds is 5. The minimum atomic E-state index is -0.392. The van der Waals surface area contributed by atoms with Gasteiger partial charge in [0.15, 0.2) is 0 Å². The maximum atomic E-state index is 10.7. The number of aliphatic hydroxyl groups excluding tert-OH is 1. The zero-order valence-corrected chi connectivity index (χ0v) is 9.77. The summed E-state index contributed by atoms with van der Waals surface area (Å²) in [7, 11) is 0. The van der Waals surface area contributed by atoms with E-state index in [1.165, 1.54) is 6.07 Å². The van der Waals surface area contributed by atoms with Crippen molar-refractivity contribution < 1.29 is 10.0 Å². The van der Waals surface area contributed by atoms with Crippen molar-refractivity contribution >= 4 is 11.4 Å². The molecule has 1 aliphatic rings. The molecule has 0 aliphatic heterocycles. The molecule has 0 bridgehead atoms. The van der Waals surface area contributed by atoms with E-state index in [-0.39, 0.29) is 17.7 Å². The van der Waals surface area contributed by atoms with Crippen LogP contribution in [0.3, 0.4) is 0 Å². The van der Waals surface area contributed by atoms with E-state index >= 15 is 0 Å². The third-order valence-corrected chi connectivity index (χ3v) is 3.23. The van der Waals surface area contributed by atoms with Crippen LogP contribution in [0.2, 0.25) is 0 Å². The Morgan fingerprint density at radius 2 is 2.18 bits per heavy atom. The fourth-order valence-electron chi connectivity index (χ4n) is 1.83. The van der Waals surface area contributed by atoms with Gasteiger partial charge in [-0.05, 0) is 31.4 Å². The smallest absolute Gasteiger partial charge is 0.271 e. The second-order valence-electron chi connectivity index (χ2n) is 4.83. The largest absolute Gasteiger partial charge is 0.396 e. The number of anilines is 1. The van der Waals surface area contributed by atoms with E-state index in [1.54, 1.807) is 6.07 Å². The van der Waals surface area contributed by atoms with Gasteiger partial charge in [-0.25, -0.2) is 0 Å². The Balaban J connectivity index is 2.07. The summed E-state index contributed by atoms with van der Waals surface area (Å²) in [6.45, 7) is 2.68. The first-order chi connectivity index (χ1) is 8.04. The summed E-state index contributed by atoms with van der Waals surface area (Å²) in [6.07, 6.45) is 2.04. The zero-order valence-electron chi connectivity index (χ0n) is 9.77. The maximum absolute atomic E-state index is 10.7.